The third-order valence-corrected chi connectivity index (χ3v) is 4.74. The zero-order valence-corrected chi connectivity index (χ0v) is 16.9. The van der Waals surface area contributed by atoms with Crippen molar-refractivity contribution in [1.82, 2.24) is 5.32 Å². The van der Waals surface area contributed by atoms with Gasteiger partial charge in [0.1, 0.15) is 11.5 Å². The van der Waals surface area contributed by atoms with Crippen LogP contribution in [0.15, 0.2) is 59.0 Å². The molecule has 0 saturated carbocycles. The monoisotopic (exact) mass is 388 g/mol. The van der Waals surface area contributed by atoms with E-state index in [1.54, 1.807) is 25.1 Å². The molecule has 148 valence electrons. The van der Waals surface area contributed by atoms with Gasteiger partial charge in [0.25, 0.3) is 0 Å². The SMILES string of the molecule is CCOC(=O)c1ccc(C#N)c(-c2ccc(CN[C@H](C)c3ccc(C)cc3)o2)c1. The number of hydrogen-bond acceptors (Lipinski definition) is 5. The van der Waals surface area contributed by atoms with Gasteiger partial charge < -0.3 is 14.5 Å². The predicted molar refractivity (Wildman–Crippen MR) is 111 cm³/mol. The second-order valence-corrected chi connectivity index (χ2v) is 6.87. The molecule has 2 aromatic carbocycles. The second-order valence-electron chi connectivity index (χ2n) is 6.87. The molecule has 0 bridgehead atoms. The molecule has 1 aromatic heterocycles. The molecule has 1 N–H and O–H groups in total. The molecule has 0 aliphatic rings. The van der Waals surface area contributed by atoms with Gasteiger partial charge in [0.15, 0.2) is 0 Å². The molecular weight excluding hydrogens is 364 g/mol. The highest BCUT2D eigenvalue weighted by Crippen LogP contribution is 2.27. The molecule has 0 unspecified atom stereocenters. The van der Waals surface area contributed by atoms with Gasteiger partial charge in [0.05, 0.1) is 30.3 Å². The average Bonchev–Trinajstić information content (AvgIpc) is 3.21. The number of aryl methyl sites for hydroxylation is 1. The van der Waals surface area contributed by atoms with Gasteiger partial charge in [-0.25, -0.2) is 4.79 Å². The number of benzene rings is 2. The number of nitrogens with one attached hydrogen (secondary N) is 1. The van der Waals surface area contributed by atoms with E-state index in [4.69, 9.17) is 9.15 Å². The number of carbonyl (C=O) groups excluding carboxylic acids is 1. The van der Waals surface area contributed by atoms with Crippen LogP contribution in [0, 0.1) is 18.3 Å². The summed E-state index contributed by atoms with van der Waals surface area (Å²) >= 11 is 0. The van der Waals surface area contributed by atoms with Crippen molar-refractivity contribution in [3.8, 4) is 17.4 Å². The quantitative estimate of drug-likeness (QED) is 0.566. The number of rotatable bonds is 7. The van der Waals surface area contributed by atoms with E-state index in [0.29, 0.717) is 35.6 Å². The second kappa shape index (κ2) is 9.22. The molecule has 0 saturated heterocycles. The zero-order chi connectivity index (χ0) is 20.8. The maximum Gasteiger partial charge on any atom is 0.338 e. The molecule has 29 heavy (non-hydrogen) atoms. The van der Waals surface area contributed by atoms with Gasteiger partial charge in [-0.1, -0.05) is 29.8 Å². The van der Waals surface area contributed by atoms with Crippen LogP contribution < -0.4 is 5.32 Å². The van der Waals surface area contributed by atoms with Crippen LogP contribution in [-0.4, -0.2) is 12.6 Å². The lowest BCUT2D eigenvalue weighted by Crippen LogP contribution is -2.17. The first-order valence-corrected chi connectivity index (χ1v) is 9.62. The highest BCUT2D eigenvalue weighted by Gasteiger charge is 2.15. The molecular formula is C24H24N2O3. The van der Waals surface area contributed by atoms with Crippen LogP contribution in [0.25, 0.3) is 11.3 Å². The van der Waals surface area contributed by atoms with Crippen LogP contribution in [0.2, 0.25) is 0 Å². The Bertz CT molecular complexity index is 1030. The van der Waals surface area contributed by atoms with Crippen LogP contribution in [-0.2, 0) is 11.3 Å². The number of hydrogen-bond donors (Lipinski definition) is 1. The van der Waals surface area contributed by atoms with Crippen LogP contribution in [0.5, 0.6) is 0 Å². The number of nitriles is 1. The summed E-state index contributed by atoms with van der Waals surface area (Å²) in [6.45, 7) is 6.77. The first-order valence-electron chi connectivity index (χ1n) is 9.62. The van der Waals surface area contributed by atoms with E-state index in [1.165, 1.54) is 11.1 Å². The molecule has 5 nitrogen and oxygen atoms in total. The van der Waals surface area contributed by atoms with Gasteiger partial charge in [0, 0.05) is 11.6 Å². The van der Waals surface area contributed by atoms with Crippen LogP contribution in [0.4, 0.5) is 0 Å². The Labute approximate surface area is 170 Å². The Morgan fingerprint density at radius 2 is 1.93 bits per heavy atom. The first-order chi connectivity index (χ1) is 14.0. The molecule has 1 heterocycles. The molecule has 1 atom stereocenters. The van der Waals surface area contributed by atoms with E-state index in [0.717, 1.165) is 5.76 Å². The van der Waals surface area contributed by atoms with Crippen molar-refractivity contribution in [3.05, 3.63) is 82.6 Å². The number of furan rings is 1. The van der Waals surface area contributed by atoms with Gasteiger partial charge >= 0.3 is 5.97 Å². The van der Waals surface area contributed by atoms with Gasteiger partial charge in [-0.3, -0.25) is 0 Å². The Morgan fingerprint density at radius 1 is 1.17 bits per heavy atom. The van der Waals surface area contributed by atoms with E-state index in [-0.39, 0.29) is 6.04 Å². The summed E-state index contributed by atoms with van der Waals surface area (Å²) in [6, 6.07) is 19.3. The molecule has 0 aliphatic carbocycles. The predicted octanol–water partition coefficient (Wildman–Crippen LogP) is 5.15. The molecule has 0 amide bonds. The summed E-state index contributed by atoms with van der Waals surface area (Å²) in [5.74, 6) is 0.885. The van der Waals surface area contributed by atoms with Crippen LogP contribution in [0.1, 0.15) is 52.7 Å². The van der Waals surface area contributed by atoms with E-state index in [2.05, 4.69) is 49.5 Å². The fourth-order valence-corrected chi connectivity index (χ4v) is 3.03. The fraction of sp³-hybridized carbons (Fsp3) is 0.250. The Hall–Kier alpha value is -3.36. The zero-order valence-electron chi connectivity index (χ0n) is 16.9. The maximum absolute atomic E-state index is 12.0. The Kier molecular flexibility index (Phi) is 6.48. The molecule has 5 heteroatoms. The lowest BCUT2D eigenvalue weighted by molar-refractivity contribution is 0.0526. The van der Waals surface area contributed by atoms with E-state index in [1.807, 2.05) is 12.1 Å². The molecule has 0 radical (unpaired) electrons. The summed E-state index contributed by atoms with van der Waals surface area (Å²) in [5.41, 5.74) is 3.85. The molecule has 0 aliphatic heterocycles. The third kappa shape index (κ3) is 4.92. The van der Waals surface area contributed by atoms with Crippen molar-refractivity contribution in [2.24, 2.45) is 0 Å². The van der Waals surface area contributed by atoms with Crippen LogP contribution in [0.3, 0.4) is 0 Å². The number of ether oxygens (including phenoxy) is 1. The largest absolute Gasteiger partial charge is 0.462 e. The minimum atomic E-state index is -0.418. The normalized spacial score (nSPS) is 11.7. The van der Waals surface area contributed by atoms with Gasteiger partial charge in [-0.2, -0.15) is 5.26 Å². The van der Waals surface area contributed by atoms with Gasteiger partial charge in [-0.15, -0.1) is 0 Å². The van der Waals surface area contributed by atoms with Crippen molar-refractivity contribution in [2.45, 2.75) is 33.4 Å². The summed E-state index contributed by atoms with van der Waals surface area (Å²) in [4.78, 5) is 12.0. The third-order valence-electron chi connectivity index (χ3n) is 4.74. The van der Waals surface area contributed by atoms with Gasteiger partial charge in [-0.05, 0) is 56.7 Å². The smallest absolute Gasteiger partial charge is 0.338 e. The highest BCUT2D eigenvalue weighted by atomic mass is 16.5. The summed E-state index contributed by atoms with van der Waals surface area (Å²) in [6.07, 6.45) is 0. The summed E-state index contributed by atoms with van der Waals surface area (Å²) in [7, 11) is 0. The van der Waals surface area contributed by atoms with E-state index >= 15 is 0 Å². The van der Waals surface area contributed by atoms with Crippen molar-refractivity contribution in [3.63, 3.8) is 0 Å². The molecule has 3 rings (SSSR count). The summed E-state index contributed by atoms with van der Waals surface area (Å²) < 4.78 is 11.0. The maximum atomic E-state index is 12.0. The highest BCUT2D eigenvalue weighted by molar-refractivity contribution is 5.91. The average molecular weight is 388 g/mol. The minimum Gasteiger partial charge on any atom is -0.462 e. The van der Waals surface area contributed by atoms with Crippen molar-refractivity contribution in [2.75, 3.05) is 6.61 Å². The Balaban J connectivity index is 1.75. The molecule has 0 fully saturated rings. The number of esters is 1. The van der Waals surface area contributed by atoms with Crippen molar-refractivity contribution < 1.29 is 13.9 Å². The number of carbonyl (C=O) groups is 1. The minimum absolute atomic E-state index is 0.172. The Morgan fingerprint density at radius 3 is 2.62 bits per heavy atom. The number of nitrogens with zero attached hydrogens (tertiary/aromatic N) is 1. The molecule has 3 aromatic rings. The lowest BCUT2D eigenvalue weighted by atomic mass is 10.0. The van der Waals surface area contributed by atoms with E-state index < -0.39 is 5.97 Å². The summed E-state index contributed by atoms with van der Waals surface area (Å²) in [5, 5.41) is 12.9. The molecule has 0 spiro atoms. The van der Waals surface area contributed by atoms with E-state index in [9.17, 15) is 10.1 Å². The van der Waals surface area contributed by atoms with Crippen LogP contribution >= 0.6 is 0 Å². The standard InChI is InChI=1S/C24H24N2O3/c1-4-28-24(27)19-9-10-20(14-25)22(13-19)23-12-11-21(29-23)15-26-17(3)18-7-5-16(2)6-8-18/h5-13,17,26H,4,15H2,1-3H3/t17-/m1/s1. The topological polar surface area (TPSA) is 75.3 Å². The van der Waals surface area contributed by atoms with Crippen molar-refractivity contribution in [1.29, 1.82) is 5.26 Å². The first kappa shape index (κ1) is 20.4. The fourth-order valence-electron chi connectivity index (χ4n) is 3.03. The lowest BCUT2D eigenvalue weighted by Gasteiger charge is -2.13. The van der Waals surface area contributed by atoms with Gasteiger partial charge in [0.2, 0.25) is 0 Å². The van der Waals surface area contributed by atoms with Crippen molar-refractivity contribution >= 4 is 5.97 Å².